The van der Waals surface area contributed by atoms with Gasteiger partial charge in [0.1, 0.15) is 11.5 Å². The van der Waals surface area contributed by atoms with E-state index in [9.17, 15) is 39.6 Å². The van der Waals surface area contributed by atoms with E-state index in [1.807, 2.05) is 0 Å². The van der Waals surface area contributed by atoms with E-state index < -0.39 is 62.0 Å². The smallest absolute Gasteiger partial charge is 0.693 e. The van der Waals surface area contributed by atoms with Crippen LogP contribution in [0.15, 0.2) is 60.7 Å². The summed E-state index contributed by atoms with van der Waals surface area (Å²) in [6.45, 7) is 1.08. The van der Waals surface area contributed by atoms with Crippen LogP contribution in [0.2, 0.25) is 0 Å². The van der Waals surface area contributed by atoms with Crippen LogP contribution >= 0.6 is 60.9 Å². The molecule has 0 aliphatic carbocycles. The van der Waals surface area contributed by atoms with Crippen LogP contribution in [-0.4, -0.2) is 98.4 Å². The van der Waals surface area contributed by atoms with Gasteiger partial charge in [-0.15, -0.1) is 0 Å². The van der Waals surface area contributed by atoms with E-state index in [1.54, 1.807) is 72.8 Å². The van der Waals surface area contributed by atoms with E-state index in [4.69, 9.17) is 100 Å². The molecule has 0 radical (unpaired) electrons. The fraction of sp³-hybridized carbons (Fsp3) is 0.333. The van der Waals surface area contributed by atoms with Crippen LogP contribution in [0.5, 0.6) is 34.5 Å². The van der Waals surface area contributed by atoms with Crippen molar-refractivity contribution in [3.63, 3.8) is 0 Å². The normalized spacial score (nSPS) is 9.69. The Kier molecular flexibility index (Phi) is 57.0. The molecule has 4 aromatic carbocycles. The Morgan fingerprint density at radius 3 is 1.05 bits per heavy atom. The first kappa shape index (κ1) is 85.1. The number of ether oxygens (including phenoxy) is 6. The second-order valence-electron chi connectivity index (χ2n) is 13.9. The van der Waals surface area contributed by atoms with Crippen LogP contribution in [0, 0.1) is 0 Å². The van der Waals surface area contributed by atoms with Crippen LogP contribution < -0.4 is 28.4 Å². The van der Waals surface area contributed by atoms with Gasteiger partial charge in [-0.3, -0.25) is 4.79 Å². The van der Waals surface area contributed by atoms with Crippen LogP contribution in [0.25, 0.3) is 48.9 Å². The van der Waals surface area contributed by atoms with Gasteiger partial charge in [0, 0.05) is 28.7 Å². The van der Waals surface area contributed by atoms with E-state index in [2.05, 4.69) is 16.4 Å². The maximum Gasteiger partial charge on any atom is -0.693 e. The van der Waals surface area contributed by atoms with Crippen LogP contribution in [0.4, 0.5) is 9.59 Å². The van der Waals surface area contributed by atoms with Gasteiger partial charge in [-0.2, -0.15) is 0 Å². The average molecular weight is 1590 g/mol. The molecule has 4 aromatic rings. The standard InChI is InChI=1S/2C19H20O7.C8H16O2.C2H2Cl2O2.4ClH.4H2N.2Pt/c2*1-24-17-9-13(7-15(11-21)18(17)25-2)4-3-12-5-6-14(10-20)16(8-12)26-19(22)23;1-2-3-4-5-6-7-8(9)10;3-1(4)2(5)6;;;;;;;;;;/h2*3-9,20-21H,10-11H2,1-2H3,(H,22,23);2-7H2,1H3,(H,9,10);1H,(H,5,6);4*1H;4*1H2;;/q;;;;;;;;4*-1;2*+4/p-4/b2*4-3-;;;;;;;;;;;;. The molecule has 0 saturated heterocycles. The van der Waals surface area contributed by atoms with Crippen molar-refractivity contribution in [1.82, 2.24) is 0 Å². The van der Waals surface area contributed by atoms with Gasteiger partial charge in [-0.05, 0) is 65.1 Å². The molecule has 0 fully saturated rings. The van der Waals surface area contributed by atoms with Gasteiger partial charge < -0.3 is 93.9 Å². The first-order chi connectivity index (χ1) is 35.3. The Bertz CT molecular complexity index is 2170. The van der Waals surface area contributed by atoms with Crippen LogP contribution in [-0.2, 0) is 69.0 Å². The fourth-order valence-corrected chi connectivity index (χ4v) is 5.81. The number of carbonyl (C=O) groups is 4. The molecule has 0 saturated carbocycles. The summed E-state index contributed by atoms with van der Waals surface area (Å²) in [5.74, 6) is 0.187. The number of nitrogens with two attached hydrogens (primary N) is 4. The minimum absolute atomic E-state index is 0. The number of aliphatic carboxylic acids is 2. The Morgan fingerprint density at radius 1 is 0.487 bits per heavy atom. The number of benzene rings is 4. The zero-order chi connectivity index (χ0) is 56.6. The van der Waals surface area contributed by atoms with E-state index in [1.165, 1.54) is 59.8 Å². The topological polar surface area (TPSA) is 419 Å². The largest absolute Gasteiger partial charge is 0.693 e. The molecule has 0 spiro atoms. The van der Waals surface area contributed by atoms with Crippen molar-refractivity contribution in [1.29, 1.82) is 0 Å². The number of carboxylic acids is 2. The molecule has 0 aliphatic rings. The van der Waals surface area contributed by atoms with Crippen molar-refractivity contribution >= 4 is 109 Å². The second-order valence-corrected chi connectivity index (χ2v) is 21.5. The molecular formula is C48H66Cl6N4O18Pt2. The summed E-state index contributed by atoms with van der Waals surface area (Å²) in [5, 5.41) is 71.1. The summed E-state index contributed by atoms with van der Waals surface area (Å²) in [4.78, 5) is 39.7. The molecule has 30 heteroatoms. The SMILES string of the molecule is CCCCCCCC(=O)O.COc1cc(/C=C\c2ccc(CO)c(OC(=O)O)c2)cc(CO)c1OC.COc1cc(/C=C\c2ccc(CO)c(OC(=O)O)c2)cc(CO)c1OC.O=C(O)C(Cl)Cl.[Cl][Pt+2][Cl].[Cl][Pt+2][Cl].[NH2-].[NH2-].[NH2-].[NH2-]. The predicted octanol–water partition coefficient (Wildman–Crippen LogP) is 14.8. The summed E-state index contributed by atoms with van der Waals surface area (Å²) in [6, 6.07) is 16.7. The van der Waals surface area contributed by atoms with Gasteiger partial charge in [-0.25, -0.2) is 14.4 Å². The number of halogens is 6. The summed E-state index contributed by atoms with van der Waals surface area (Å²) in [7, 11) is 25.5. The van der Waals surface area contributed by atoms with Gasteiger partial charge in [0.25, 0.3) is 0 Å². The van der Waals surface area contributed by atoms with Gasteiger partial charge >= 0.3 is 94.9 Å². The number of aliphatic hydroxyl groups excluding tert-OH is 4. The van der Waals surface area contributed by atoms with E-state index in [0.29, 0.717) is 62.8 Å². The monoisotopic (exact) mass is 1590 g/mol. The molecule has 0 unspecified atom stereocenters. The van der Waals surface area contributed by atoms with E-state index in [0.717, 1.165) is 24.0 Å². The molecule has 0 bridgehead atoms. The van der Waals surface area contributed by atoms with Gasteiger partial charge in [-0.1, -0.05) is 104 Å². The third kappa shape index (κ3) is 36.9. The minimum atomic E-state index is -1.45. The Balaban J connectivity index is -0.000000233. The number of rotatable bonds is 21. The molecule has 0 atom stereocenters. The first-order valence-electron chi connectivity index (χ1n) is 21.0. The summed E-state index contributed by atoms with van der Waals surface area (Å²) in [6.07, 6.45) is 10.0. The maximum absolute atomic E-state index is 10.8. The van der Waals surface area contributed by atoms with Crippen molar-refractivity contribution < 1.29 is 121 Å². The summed E-state index contributed by atoms with van der Waals surface area (Å²) < 4.78 is 30.4. The summed E-state index contributed by atoms with van der Waals surface area (Å²) >= 11 is 8.61. The minimum Gasteiger partial charge on any atom is -0.693 e. The Morgan fingerprint density at radius 2 is 0.795 bits per heavy atom. The van der Waals surface area contributed by atoms with Crippen molar-refractivity contribution in [2.24, 2.45) is 0 Å². The number of alkyl halides is 2. The van der Waals surface area contributed by atoms with Gasteiger partial charge in [0.05, 0.1) is 54.9 Å². The predicted molar refractivity (Wildman–Crippen MR) is 300 cm³/mol. The number of carboxylic acid groups (broad SMARTS) is 4. The van der Waals surface area contributed by atoms with Gasteiger partial charge in [0.2, 0.25) is 4.84 Å². The Labute approximate surface area is 496 Å². The third-order valence-corrected chi connectivity index (χ3v) is 9.41. The van der Waals surface area contributed by atoms with Crippen molar-refractivity contribution in [3.05, 3.63) is 130 Å². The molecule has 0 aromatic heterocycles. The van der Waals surface area contributed by atoms with E-state index >= 15 is 0 Å². The number of hydrogen-bond donors (Lipinski definition) is 8. The van der Waals surface area contributed by atoms with Crippen molar-refractivity contribution in [3.8, 4) is 34.5 Å². The first-order valence-corrected chi connectivity index (χ1v) is 33.2. The molecule has 16 N–H and O–H groups in total. The molecular weight excluding hydrogens is 1520 g/mol. The molecule has 448 valence electrons. The van der Waals surface area contributed by atoms with Crippen LogP contribution in [0.1, 0.15) is 90.0 Å². The molecule has 78 heavy (non-hydrogen) atoms. The number of methoxy groups -OCH3 is 4. The fourth-order valence-electron chi connectivity index (χ4n) is 5.81. The quantitative estimate of drug-likeness (QED) is 0.0126. The number of hydrogen-bond acceptors (Lipinski definition) is 14. The van der Waals surface area contributed by atoms with Crippen LogP contribution in [0.3, 0.4) is 0 Å². The Hall–Kier alpha value is -4.16. The third-order valence-electron chi connectivity index (χ3n) is 9.03. The molecule has 22 nitrogen and oxygen atoms in total. The molecule has 0 aliphatic heterocycles. The summed E-state index contributed by atoms with van der Waals surface area (Å²) in [5.41, 5.74) is 4.79. The van der Waals surface area contributed by atoms with Crippen molar-refractivity contribution in [2.45, 2.75) is 76.7 Å². The molecule has 0 heterocycles. The zero-order valence-electron chi connectivity index (χ0n) is 42.6. The maximum atomic E-state index is 10.8. The van der Waals surface area contributed by atoms with E-state index in [-0.39, 0.29) is 62.5 Å². The van der Waals surface area contributed by atoms with Crippen molar-refractivity contribution in [2.75, 3.05) is 28.4 Å². The average Bonchev–Trinajstić information content (AvgIpc) is 3.37. The number of unbranched alkanes of at least 4 members (excludes halogenated alkanes) is 4. The molecule has 0 amide bonds. The van der Waals surface area contributed by atoms with Gasteiger partial charge in [0.15, 0.2) is 23.0 Å². The zero-order valence-corrected chi connectivity index (χ0v) is 51.7. The molecule has 4 rings (SSSR count). The second kappa shape index (κ2) is 52.2. The number of aliphatic hydroxyl groups is 4.